The summed E-state index contributed by atoms with van der Waals surface area (Å²) in [5.74, 6) is -0.167. The van der Waals surface area contributed by atoms with Gasteiger partial charge in [-0.2, -0.15) is 0 Å². The van der Waals surface area contributed by atoms with Crippen LogP contribution in [0.4, 0.5) is 4.39 Å². The first-order valence-electron chi connectivity index (χ1n) is 8.15. The lowest BCUT2D eigenvalue weighted by molar-refractivity contribution is 0.00578. The zero-order chi connectivity index (χ0) is 16.0. The van der Waals surface area contributed by atoms with Gasteiger partial charge in [-0.15, -0.1) is 0 Å². The average Bonchev–Trinajstić information content (AvgIpc) is 2.99. The Balaban J connectivity index is 1.75. The van der Waals surface area contributed by atoms with Crippen LogP contribution < -0.4 is 5.46 Å². The lowest BCUT2D eigenvalue weighted by Crippen LogP contribution is -2.41. The van der Waals surface area contributed by atoms with Crippen molar-refractivity contribution >= 4 is 12.6 Å². The third-order valence-corrected chi connectivity index (χ3v) is 5.20. The average molecular weight is 305 g/mol. The van der Waals surface area contributed by atoms with Crippen molar-refractivity contribution in [3.8, 4) is 0 Å². The Labute approximate surface area is 132 Å². The second-order valence-electron chi connectivity index (χ2n) is 7.42. The van der Waals surface area contributed by atoms with Gasteiger partial charge < -0.3 is 9.31 Å². The van der Waals surface area contributed by atoms with Crippen molar-refractivity contribution in [1.29, 1.82) is 0 Å². The van der Waals surface area contributed by atoms with Gasteiger partial charge in [0.2, 0.25) is 0 Å². The van der Waals surface area contributed by atoms with E-state index < -0.39 is 18.3 Å². The molecule has 2 fully saturated rings. The van der Waals surface area contributed by atoms with E-state index >= 15 is 0 Å². The van der Waals surface area contributed by atoms with Gasteiger partial charge in [0.15, 0.2) is 0 Å². The minimum atomic E-state index is -0.500. The van der Waals surface area contributed by atoms with Gasteiger partial charge in [0.25, 0.3) is 0 Å². The van der Waals surface area contributed by atoms with Crippen molar-refractivity contribution in [2.24, 2.45) is 0 Å². The van der Waals surface area contributed by atoms with Crippen molar-refractivity contribution in [1.82, 2.24) is 4.90 Å². The maximum atomic E-state index is 14.4. The van der Waals surface area contributed by atoms with Crippen molar-refractivity contribution in [3.05, 3.63) is 29.6 Å². The molecule has 0 atom stereocenters. The Kier molecular flexibility index (Phi) is 4.08. The fraction of sp³-hybridized carbons (Fsp3) is 0.647. The molecule has 5 heteroatoms. The molecule has 0 radical (unpaired) electrons. The molecule has 0 spiro atoms. The summed E-state index contributed by atoms with van der Waals surface area (Å²) in [6, 6.07) is 5.36. The lowest BCUT2D eigenvalue weighted by atomic mass is 9.78. The zero-order valence-electron chi connectivity index (χ0n) is 14.0. The minimum Gasteiger partial charge on any atom is -0.399 e. The lowest BCUT2D eigenvalue weighted by Gasteiger charge is -2.32. The molecule has 2 aliphatic heterocycles. The van der Waals surface area contributed by atoms with E-state index in [1.54, 1.807) is 6.07 Å². The topological polar surface area (TPSA) is 21.7 Å². The molecule has 120 valence electrons. The van der Waals surface area contributed by atoms with E-state index in [1.807, 2.05) is 39.8 Å². The van der Waals surface area contributed by atoms with E-state index in [4.69, 9.17) is 9.31 Å². The van der Waals surface area contributed by atoms with Gasteiger partial charge in [0, 0.05) is 12.1 Å². The predicted molar refractivity (Wildman–Crippen MR) is 86.6 cm³/mol. The van der Waals surface area contributed by atoms with Gasteiger partial charge in [0.1, 0.15) is 5.82 Å². The van der Waals surface area contributed by atoms with E-state index in [0.717, 1.165) is 24.1 Å². The van der Waals surface area contributed by atoms with Crippen LogP contribution in [0, 0.1) is 5.82 Å². The summed E-state index contributed by atoms with van der Waals surface area (Å²) >= 11 is 0. The zero-order valence-corrected chi connectivity index (χ0v) is 14.0. The molecular weight excluding hydrogens is 280 g/mol. The molecule has 1 aromatic carbocycles. The monoisotopic (exact) mass is 305 g/mol. The van der Waals surface area contributed by atoms with Crippen LogP contribution in [0.1, 0.15) is 46.1 Å². The Bertz CT molecular complexity index is 540. The molecule has 3 nitrogen and oxygen atoms in total. The Morgan fingerprint density at radius 1 is 1.09 bits per heavy atom. The van der Waals surface area contributed by atoms with Gasteiger partial charge in [-0.1, -0.05) is 12.1 Å². The molecule has 0 bridgehead atoms. The van der Waals surface area contributed by atoms with Crippen molar-refractivity contribution in [2.45, 2.75) is 58.3 Å². The van der Waals surface area contributed by atoms with Crippen LogP contribution in [0.5, 0.6) is 0 Å². The van der Waals surface area contributed by atoms with E-state index in [0.29, 0.717) is 6.54 Å². The summed E-state index contributed by atoms with van der Waals surface area (Å²) in [7, 11) is -0.500. The van der Waals surface area contributed by atoms with Crippen LogP contribution in [-0.2, 0) is 15.9 Å². The highest BCUT2D eigenvalue weighted by Gasteiger charge is 2.51. The van der Waals surface area contributed by atoms with Crippen LogP contribution in [0.3, 0.4) is 0 Å². The second-order valence-corrected chi connectivity index (χ2v) is 7.42. The number of likely N-dealkylation sites (tertiary alicyclic amines) is 1. The van der Waals surface area contributed by atoms with E-state index in [9.17, 15) is 4.39 Å². The summed E-state index contributed by atoms with van der Waals surface area (Å²) in [5, 5.41) is 0. The highest BCUT2D eigenvalue weighted by Crippen LogP contribution is 2.36. The quantitative estimate of drug-likeness (QED) is 0.802. The fourth-order valence-electron chi connectivity index (χ4n) is 3.00. The highest BCUT2D eigenvalue weighted by molar-refractivity contribution is 6.62. The second kappa shape index (κ2) is 5.62. The summed E-state index contributed by atoms with van der Waals surface area (Å²) in [6.07, 6.45) is 2.43. The maximum Gasteiger partial charge on any atom is 0.494 e. The summed E-state index contributed by atoms with van der Waals surface area (Å²) in [6.45, 7) is 10.8. The van der Waals surface area contributed by atoms with Crippen LogP contribution in [0.2, 0.25) is 0 Å². The summed E-state index contributed by atoms with van der Waals surface area (Å²) in [5.41, 5.74) is 0.702. The van der Waals surface area contributed by atoms with Gasteiger partial charge in [-0.3, -0.25) is 4.90 Å². The Morgan fingerprint density at radius 3 is 2.23 bits per heavy atom. The van der Waals surface area contributed by atoms with Crippen molar-refractivity contribution in [3.63, 3.8) is 0 Å². The molecule has 1 aromatic rings. The summed E-state index contributed by atoms with van der Waals surface area (Å²) in [4.78, 5) is 2.30. The smallest absolute Gasteiger partial charge is 0.399 e. The first-order valence-corrected chi connectivity index (χ1v) is 8.15. The Morgan fingerprint density at radius 2 is 1.68 bits per heavy atom. The molecule has 0 amide bonds. The molecule has 0 aromatic heterocycles. The number of benzene rings is 1. The molecule has 22 heavy (non-hydrogen) atoms. The van der Waals surface area contributed by atoms with Crippen LogP contribution >= 0.6 is 0 Å². The maximum absolute atomic E-state index is 14.4. The molecule has 2 aliphatic rings. The molecule has 3 rings (SSSR count). The van der Waals surface area contributed by atoms with Gasteiger partial charge in [-0.25, -0.2) is 4.39 Å². The molecule has 0 unspecified atom stereocenters. The molecule has 2 heterocycles. The first kappa shape index (κ1) is 16.0. The molecular formula is C17H25BFNO2. The molecule has 0 saturated carbocycles. The predicted octanol–water partition coefficient (Wildman–Crippen LogP) is 2.72. The van der Waals surface area contributed by atoms with Crippen molar-refractivity contribution < 1.29 is 13.7 Å². The van der Waals surface area contributed by atoms with Crippen LogP contribution in [-0.4, -0.2) is 36.3 Å². The minimum absolute atomic E-state index is 0.167. The highest BCUT2D eigenvalue weighted by atomic mass is 19.1. The van der Waals surface area contributed by atoms with Gasteiger partial charge in [0.05, 0.1) is 11.2 Å². The molecule has 2 saturated heterocycles. The standard InChI is InChI=1S/C17H25BFNO2/c1-16(2)17(3,4)22-18(21-16)14-8-7-13(15(19)11-14)12-20-9-5-6-10-20/h7-8,11H,5-6,9-10,12H2,1-4H3. The van der Waals surface area contributed by atoms with Crippen LogP contribution in [0.15, 0.2) is 18.2 Å². The normalized spacial score (nSPS) is 24.1. The Hall–Kier alpha value is -0.905. The largest absolute Gasteiger partial charge is 0.494 e. The fourth-order valence-corrected chi connectivity index (χ4v) is 3.00. The van der Waals surface area contributed by atoms with E-state index in [2.05, 4.69) is 4.90 Å². The third kappa shape index (κ3) is 2.94. The summed E-state index contributed by atoms with van der Waals surface area (Å²) < 4.78 is 26.4. The number of halogens is 1. The molecule has 0 N–H and O–H groups in total. The van der Waals surface area contributed by atoms with Crippen LogP contribution in [0.25, 0.3) is 0 Å². The number of nitrogens with zero attached hydrogens (tertiary/aromatic N) is 1. The SMILES string of the molecule is CC1(C)OB(c2ccc(CN3CCCC3)c(F)c2)OC1(C)C. The van der Waals surface area contributed by atoms with E-state index in [-0.39, 0.29) is 5.82 Å². The number of hydrogen-bond donors (Lipinski definition) is 0. The number of rotatable bonds is 3. The van der Waals surface area contributed by atoms with Gasteiger partial charge in [-0.05, 0) is 65.2 Å². The van der Waals surface area contributed by atoms with Gasteiger partial charge >= 0.3 is 7.12 Å². The third-order valence-electron chi connectivity index (χ3n) is 5.20. The van der Waals surface area contributed by atoms with E-state index in [1.165, 1.54) is 12.8 Å². The van der Waals surface area contributed by atoms with Crippen molar-refractivity contribution in [2.75, 3.05) is 13.1 Å². The number of hydrogen-bond acceptors (Lipinski definition) is 3. The molecule has 0 aliphatic carbocycles. The first-order chi connectivity index (χ1) is 10.3.